The predicted octanol–water partition coefficient (Wildman–Crippen LogP) is 3.07. The standard InChI is InChI=1S/C22H29N3O2/c1-17-12-18(2)14-21(13-17)27-16-22(26)23-20-6-4-19(5-7-20)15-25-10-8-24(3)9-11-25/h4-7,12-14H,8-11,15-16H2,1-3H3,(H,23,26). The lowest BCUT2D eigenvalue weighted by Crippen LogP contribution is -2.43. The molecule has 0 unspecified atom stereocenters. The van der Waals surface area contributed by atoms with Gasteiger partial charge in [-0.3, -0.25) is 9.69 Å². The Bertz CT molecular complexity index is 745. The van der Waals surface area contributed by atoms with E-state index in [0.29, 0.717) is 0 Å². The molecule has 0 aromatic heterocycles. The number of nitrogens with zero attached hydrogens (tertiary/aromatic N) is 2. The van der Waals surface area contributed by atoms with Gasteiger partial charge in [0.1, 0.15) is 5.75 Å². The van der Waals surface area contributed by atoms with Gasteiger partial charge in [0.15, 0.2) is 6.61 Å². The van der Waals surface area contributed by atoms with Gasteiger partial charge < -0.3 is 15.0 Å². The fourth-order valence-electron chi connectivity index (χ4n) is 3.32. The van der Waals surface area contributed by atoms with Gasteiger partial charge in [0, 0.05) is 38.4 Å². The van der Waals surface area contributed by atoms with Crippen molar-refractivity contribution in [2.24, 2.45) is 0 Å². The average Bonchev–Trinajstić information content (AvgIpc) is 2.63. The van der Waals surface area contributed by atoms with Gasteiger partial charge in [-0.25, -0.2) is 0 Å². The van der Waals surface area contributed by atoms with Gasteiger partial charge in [-0.15, -0.1) is 0 Å². The van der Waals surface area contributed by atoms with E-state index in [-0.39, 0.29) is 12.5 Å². The summed E-state index contributed by atoms with van der Waals surface area (Å²) in [5.41, 5.74) is 4.32. The Morgan fingerprint density at radius 1 is 1.00 bits per heavy atom. The number of anilines is 1. The van der Waals surface area contributed by atoms with Crippen LogP contribution < -0.4 is 10.1 Å². The first-order valence-electron chi connectivity index (χ1n) is 9.49. The van der Waals surface area contributed by atoms with Crippen molar-refractivity contribution in [1.82, 2.24) is 9.80 Å². The van der Waals surface area contributed by atoms with Crippen LogP contribution in [0.3, 0.4) is 0 Å². The van der Waals surface area contributed by atoms with Crippen LogP contribution in [-0.4, -0.2) is 55.5 Å². The molecule has 1 aliphatic heterocycles. The molecule has 1 fully saturated rings. The Morgan fingerprint density at radius 3 is 2.26 bits per heavy atom. The van der Waals surface area contributed by atoms with Gasteiger partial charge in [0.2, 0.25) is 0 Å². The average molecular weight is 367 g/mol. The molecule has 1 aliphatic rings. The van der Waals surface area contributed by atoms with Crippen LogP contribution in [0.1, 0.15) is 16.7 Å². The van der Waals surface area contributed by atoms with Gasteiger partial charge >= 0.3 is 0 Å². The van der Waals surface area contributed by atoms with Crippen LogP contribution in [0, 0.1) is 13.8 Å². The number of rotatable bonds is 6. The number of likely N-dealkylation sites (N-methyl/N-ethyl adjacent to an activating group) is 1. The van der Waals surface area contributed by atoms with Crippen LogP contribution in [0.5, 0.6) is 5.75 Å². The zero-order chi connectivity index (χ0) is 19.2. The minimum atomic E-state index is -0.152. The van der Waals surface area contributed by atoms with Crippen molar-refractivity contribution in [3.63, 3.8) is 0 Å². The zero-order valence-corrected chi connectivity index (χ0v) is 16.5. The van der Waals surface area contributed by atoms with Crippen LogP contribution in [0.15, 0.2) is 42.5 Å². The van der Waals surface area contributed by atoms with Crippen molar-refractivity contribution < 1.29 is 9.53 Å². The molecule has 0 aliphatic carbocycles. The van der Waals surface area contributed by atoms with Crippen molar-refractivity contribution in [3.05, 3.63) is 59.2 Å². The van der Waals surface area contributed by atoms with E-state index in [1.165, 1.54) is 5.56 Å². The van der Waals surface area contributed by atoms with E-state index in [9.17, 15) is 4.79 Å². The normalized spacial score (nSPS) is 15.5. The third-order valence-electron chi connectivity index (χ3n) is 4.80. The number of carbonyl (C=O) groups is 1. The van der Waals surface area contributed by atoms with E-state index >= 15 is 0 Å². The third kappa shape index (κ3) is 6.08. The summed E-state index contributed by atoms with van der Waals surface area (Å²) in [5.74, 6) is 0.575. The van der Waals surface area contributed by atoms with E-state index < -0.39 is 0 Å². The largest absolute Gasteiger partial charge is 0.484 e. The lowest BCUT2D eigenvalue weighted by Gasteiger charge is -2.32. The number of aryl methyl sites for hydroxylation is 2. The zero-order valence-electron chi connectivity index (χ0n) is 16.5. The van der Waals surface area contributed by atoms with Crippen molar-refractivity contribution in [2.75, 3.05) is 45.2 Å². The molecular formula is C22H29N3O2. The monoisotopic (exact) mass is 367 g/mol. The summed E-state index contributed by atoms with van der Waals surface area (Å²) >= 11 is 0. The number of hydrogen-bond acceptors (Lipinski definition) is 4. The summed E-state index contributed by atoms with van der Waals surface area (Å²) in [6, 6.07) is 14.0. The Morgan fingerprint density at radius 2 is 1.63 bits per heavy atom. The van der Waals surface area contributed by atoms with Gasteiger partial charge in [0.25, 0.3) is 5.91 Å². The van der Waals surface area contributed by atoms with E-state index in [1.54, 1.807) is 0 Å². The molecule has 27 heavy (non-hydrogen) atoms. The summed E-state index contributed by atoms with van der Waals surface area (Å²) in [6.07, 6.45) is 0. The van der Waals surface area contributed by atoms with Crippen molar-refractivity contribution >= 4 is 11.6 Å². The van der Waals surface area contributed by atoms with E-state index in [4.69, 9.17) is 4.74 Å². The molecule has 5 nitrogen and oxygen atoms in total. The summed E-state index contributed by atoms with van der Waals surface area (Å²) in [7, 11) is 2.17. The maximum atomic E-state index is 12.1. The highest BCUT2D eigenvalue weighted by Crippen LogP contribution is 2.17. The van der Waals surface area contributed by atoms with Gasteiger partial charge in [-0.05, 0) is 61.9 Å². The van der Waals surface area contributed by atoms with E-state index in [0.717, 1.165) is 55.3 Å². The molecule has 0 atom stereocenters. The van der Waals surface area contributed by atoms with E-state index in [2.05, 4.69) is 40.4 Å². The third-order valence-corrected chi connectivity index (χ3v) is 4.80. The van der Waals surface area contributed by atoms with Crippen molar-refractivity contribution in [1.29, 1.82) is 0 Å². The molecule has 1 heterocycles. The summed E-state index contributed by atoms with van der Waals surface area (Å²) in [6.45, 7) is 9.44. The van der Waals surface area contributed by atoms with Crippen LogP contribution in [-0.2, 0) is 11.3 Å². The highest BCUT2D eigenvalue weighted by atomic mass is 16.5. The molecule has 1 N–H and O–H groups in total. The maximum absolute atomic E-state index is 12.1. The molecular weight excluding hydrogens is 338 g/mol. The lowest BCUT2D eigenvalue weighted by molar-refractivity contribution is -0.118. The number of hydrogen-bond donors (Lipinski definition) is 1. The molecule has 144 valence electrons. The van der Waals surface area contributed by atoms with Crippen molar-refractivity contribution in [2.45, 2.75) is 20.4 Å². The molecule has 2 aromatic carbocycles. The molecule has 0 radical (unpaired) electrons. The number of benzene rings is 2. The van der Waals surface area contributed by atoms with E-state index in [1.807, 2.05) is 38.1 Å². The van der Waals surface area contributed by atoms with Crippen LogP contribution >= 0.6 is 0 Å². The second-order valence-corrected chi connectivity index (χ2v) is 7.44. The fraction of sp³-hybridized carbons (Fsp3) is 0.409. The lowest BCUT2D eigenvalue weighted by atomic mass is 10.1. The second-order valence-electron chi connectivity index (χ2n) is 7.44. The SMILES string of the molecule is Cc1cc(C)cc(OCC(=O)Nc2ccc(CN3CCN(C)CC3)cc2)c1. The van der Waals surface area contributed by atoms with Crippen LogP contribution in [0.4, 0.5) is 5.69 Å². The van der Waals surface area contributed by atoms with Crippen LogP contribution in [0.25, 0.3) is 0 Å². The molecule has 1 amide bonds. The number of nitrogens with one attached hydrogen (secondary N) is 1. The Labute approximate surface area is 161 Å². The Balaban J connectivity index is 1.46. The van der Waals surface area contributed by atoms with Gasteiger partial charge in [-0.2, -0.15) is 0 Å². The molecule has 1 saturated heterocycles. The first-order chi connectivity index (χ1) is 13.0. The summed E-state index contributed by atoms with van der Waals surface area (Å²) in [5, 5.41) is 2.89. The topological polar surface area (TPSA) is 44.8 Å². The molecule has 2 aromatic rings. The predicted molar refractivity (Wildman–Crippen MR) is 109 cm³/mol. The summed E-state index contributed by atoms with van der Waals surface area (Å²) in [4.78, 5) is 17.0. The molecule has 3 rings (SSSR count). The molecule has 5 heteroatoms. The van der Waals surface area contributed by atoms with Crippen LogP contribution in [0.2, 0.25) is 0 Å². The number of piperazine rings is 1. The molecule has 0 spiro atoms. The first-order valence-corrected chi connectivity index (χ1v) is 9.49. The molecule has 0 bridgehead atoms. The number of ether oxygens (including phenoxy) is 1. The first kappa shape index (κ1) is 19.4. The summed E-state index contributed by atoms with van der Waals surface area (Å²) < 4.78 is 5.61. The molecule has 0 saturated carbocycles. The quantitative estimate of drug-likeness (QED) is 0.852. The minimum Gasteiger partial charge on any atom is -0.484 e. The van der Waals surface area contributed by atoms with Gasteiger partial charge in [-0.1, -0.05) is 18.2 Å². The van der Waals surface area contributed by atoms with Crippen molar-refractivity contribution in [3.8, 4) is 5.75 Å². The Hall–Kier alpha value is -2.37. The number of amides is 1. The highest BCUT2D eigenvalue weighted by Gasteiger charge is 2.13. The Kier molecular flexibility index (Phi) is 6.48. The second kappa shape index (κ2) is 9.02. The smallest absolute Gasteiger partial charge is 0.262 e. The van der Waals surface area contributed by atoms with Gasteiger partial charge in [0.05, 0.1) is 0 Å². The maximum Gasteiger partial charge on any atom is 0.262 e. The fourth-order valence-corrected chi connectivity index (χ4v) is 3.32. The highest BCUT2D eigenvalue weighted by molar-refractivity contribution is 5.91. The number of carbonyl (C=O) groups excluding carboxylic acids is 1. The minimum absolute atomic E-state index is 0.00589.